The van der Waals surface area contributed by atoms with Crippen molar-refractivity contribution in [1.29, 1.82) is 0 Å². The Morgan fingerprint density at radius 3 is 2.41 bits per heavy atom. The topological polar surface area (TPSA) is 97.0 Å². The highest BCUT2D eigenvalue weighted by molar-refractivity contribution is 7.80. The summed E-state index contributed by atoms with van der Waals surface area (Å²) in [6, 6.07) is 19.6. The van der Waals surface area contributed by atoms with Crippen LogP contribution in [-0.4, -0.2) is 29.9 Å². The smallest absolute Gasteiger partial charge is 0.270 e. The summed E-state index contributed by atoms with van der Waals surface area (Å²) in [6.45, 7) is 3.57. The highest BCUT2D eigenvalue weighted by Gasteiger charge is 2.34. The zero-order valence-electron chi connectivity index (χ0n) is 20.5. The van der Waals surface area contributed by atoms with Crippen molar-refractivity contribution >= 4 is 52.5 Å². The van der Waals surface area contributed by atoms with Gasteiger partial charge in [-0.3, -0.25) is 24.6 Å². The van der Waals surface area contributed by atoms with Gasteiger partial charge >= 0.3 is 0 Å². The number of aryl methyl sites for hydroxylation is 1. The van der Waals surface area contributed by atoms with E-state index in [4.69, 9.17) is 21.7 Å². The lowest BCUT2D eigenvalue weighted by Crippen LogP contribution is -2.54. The van der Waals surface area contributed by atoms with Crippen molar-refractivity contribution < 1.29 is 23.9 Å². The number of hydrogen-bond donors (Lipinski definition) is 2. The van der Waals surface area contributed by atoms with Crippen LogP contribution in [0, 0.1) is 6.92 Å². The van der Waals surface area contributed by atoms with Crippen LogP contribution in [0.4, 0.5) is 11.4 Å². The van der Waals surface area contributed by atoms with Gasteiger partial charge in [0.2, 0.25) is 5.91 Å². The molecule has 0 atom stereocenters. The molecule has 2 N–H and O–H groups in total. The summed E-state index contributed by atoms with van der Waals surface area (Å²) in [4.78, 5) is 38.5. The van der Waals surface area contributed by atoms with Crippen LogP contribution >= 0.6 is 12.2 Å². The van der Waals surface area contributed by atoms with E-state index >= 15 is 0 Å². The average molecular weight is 516 g/mol. The van der Waals surface area contributed by atoms with Gasteiger partial charge in [-0.25, -0.2) is 0 Å². The number of benzene rings is 3. The van der Waals surface area contributed by atoms with Gasteiger partial charge < -0.3 is 14.8 Å². The molecule has 1 aliphatic heterocycles. The average Bonchev–Trinajstić information content (AvgIpc) is 2.87. The standard InChI is InChI=1S/C28H25N3O5S/c1-17-4-9-22(10-5-17)31-27(34)24(26(33)30-28(31)37)15-19-6-13-25(35-3)20(14-19)16-36-23-11-7-21(8-12-23)29-18(2)32/h4-15H,16H2,1-3H3,(H,29,32)(H,30,33,37). The monoisotopic (exact) mass is 515 g/mol. The molecule has 0 spiro atoms. The van der Waals surface area contributed by atoms with Crippen molar-refractivity contribution in [2.45, 2.75) is 20.5 Å². The van der Waals surface area contributed by atoms with E-state index < -0.39 is 11.8 Å². The Hall–Kier alpha value is -4.50. The van der Waals surface area contributed by atoms with Crippen molar-refractivity contribution in [3.05, 3.63) is 89.0 Å². The van der Waals surface area contributed by atoms with Crippen LogP contribution in [-0.2, 0) is 21.0 Å². The van der Waals surface area contributed by atoms with Crippen LogP contribution in [0.15, 0.2) is 72.3 Å². The lowest BCUT2D eigenvalue weighted by Gasteiger charge is -2.29. The number of nitrogens with one attached hydrogen (secondary N) is 2. The van der Waals surface area contributed by atoms with Crippen LogP contribution in [0.3, 0.4) is 0 Å². The normalized spacial score (nSPS) is 14.4. The number of thiocarbonyl (C=S) groups is 1. The second-order valence-corrected chi connectivity index (χ2v) is 8.75. The first kappa shape index (κ1) is 25.6. The van der Waals surface area contributed by atoms with Crippen LogP contribution < -0.4 is 25.0 Å². The van der Waals surface area contributed by atoms with Crippen molar-refractivity contribution in [2.75, 3.05) is 17.3 Å². The number of amides is 3. The summed E-state index contributed by atoms with van der Waals surface area (Å²) in [5, 5.41) is 5.33. The van der Waals surface area contributed by atoms with E-state index in [1.54, 1.807) is 61.7 Å². The van der Waals surface area contributed by atoms with E-state index in [0.29, 0.717) is 28.4 Å². The number of hydrogen-bond acceptors (Lipinski definition) is 6. The van der Waals surface area contributed by atoms with Crippen LogP contribution in [0.1, 0.15) is 23.6 Å². The predicted octanol–water partition coefficient (Wildman–Crippen LogP) is 4.37. The van der Waals surface area contributed by atoms with Gasteiger partial charge in [0, 0.05) is 18.2 Å². The van der Waals surface area contributed by atoms with E-state index in [9.17, 15) is 14.4 Å². The number of anilines is 2. The first-order chi connectivity index (χ1) is 17.7. The van der Waals surface area contributed by atoms with Gasteiger partial charge in [-0.1, -0.05) is 23.8 Å². The van der Waals surface area contributed by atoms with Gasteiger partial charge in [-0.05, 0) is 79.3 Å². The number of carbonyl (C=O) groups excluding carboxylic acids is 3. The van der Waals surface area contributed by atoms with Gasteiger partial charge in [-0.15, -0.1) is 0 Å². The Bertz CT molecular complexity index is 1400. The summed E-state index contributed by atoms with van der Waals surface area (Å²) in [7, 11) is 1.55. The maximum Gasteiger partial charge on any atom is 0.270 e. The Morgan fingerprint density at radius 1 is 1.05 bits per heavy atom. The molecule has 0 aliphatic carbocycles. The van der Waals surface area contributed by atoms with Crippen LogP contribution in [0.5, 0.6) is 11.5 Å². The first-order valence-corrected chi connectivity index (χ1v) is 11.8. The van der Waals surface area contributed by atoms with Crippen molar-refractivity contribution in [3.63, 3.8) is 0 Å². The number of rotatable bonds is 7. The lowest BCUT2D eigenvalue weighted by molar-refractivity contribution is -0.122. The minimum absolute atomic E-state index is 0.0318. The fraction of sp³-hybridized carbons (Fsp3) is 0.143. The number of methoxy groups -OCH3 is 1. The minimum atomic E-state index is -0.564. The Kier molecular flexibility index (Phi) is 7.64. The predicted molar refractivity (Wildman–Crippen MR) is 145 cm³/mol. The summed E-state index contributed by atoms with van der Waals surface area (Å²) < 4.78 is 11.4. The first-order valence-electron chi connectivity index (χ1n) is 11.4. The lowest BCUT2D eigenvalue weighted by atomic mass is 10.0. The molecule has 1 aliphatic rings. The van der Waals surface area contributed by atoms with Crippen molar-refractivity contribution in [1.82, 2.24) is 5.32 Å². The molecule has 0 aromatic heterocycles. The number of nitrogens with zero attached hydrogens (tertiary/aromatic N) is 1. The quantitative estimate of drug-likeness (QED) is 0.276. The summed E-state index contributed by atoms with van der Waals surface area (Å²) in [5.74, 6) is -0.0297. The Balaban J connectivity index is 1.57. The molecule has 0 unspecified atom stereocenters. The molecule has 3 aromatic carbocycles. The molecule has 0 radical (unpaired) electrons. The largest absolute Gasteiger partial charge is 0.496 e. The fourth-order valence-electron chi connectivity index (χ4n) is 3.75. The Labute approximate surface area is 219 Å². The maximum absolute atomic E-state index is 13.3. The fourth-order valence-corrected chi connectivity index (χ4v) is 4.03. The molecule has 188 valence electrons. The molecule has 37 heavy (non-hydrogen) atoms. The molecule has 8 nitrogen and oxygen atoms in total. The third-order valence-electron chi connectivity index (χ3n) is 5.58. The number of carbonyl (C=O) groups is 3. The van der Waals surface area contributed by atoms with E-state index in [-0.39, 0.29) is 23.2 Å². The van der Waals surface area contributed by atoms with E-state index in [1.165, 1.54) is 17.9 Å². The molecule has 4 rings (SSSR count). The van der Waals surface area contributed by atoms with Crippen molar-refractivity contribution in [2.24, 2.45) is 0 Å². The summed E-state index contributed by atoms with van der Waals surface area (Å²) in [6.07, 6.45) is 1.52. The van der Waals surface area contributed by atoms with E-state index in [0.717, 1.165) is 11.1 Å². The molecule has 1 fully saturated rings. The maximum atomic E-state index is 13.3. The molecule has 1 heterocycles. The molecule has 1 saturated heterocycles. The van der Waals surface area contributed by atoms with Crippen molar-refractivity contribution in [3.8, 4) is 11.5 Å². The van der Waals surface area contributed by atoms with Crippen LogP contribution in [0.25, 0.3) is 6.08 Å². The molecule has 0 bridgehead atoms. The summed E-state index contributed by atoms with van der Waals surface area (Å²) >= 11 is 5.27. The van der Waals surface area contributed by atoms with Gasteiger partial charge in [0.1, 0.15) is 23.7 Å². The second kappa shape index (κ2) is 11.0. The SMILES string of the molecule is COc1ccc(C=C2C(=O)NC(=S)N(c3ccc(C)cc3)C2=O)cc1COc1ccc(NC(C)=O)cc1. The van der Waals surface area contributed by atoms with E-state index in [2.05, 4.69) is 10.6 Å². The zero-order valence-corrected chi connectivity index (χ0v) is 21.3. The highest BCUT2D eigenvalue weighted by atomic mass is 32.1. The van der Waals surface area contributed by atoms with Gasteiger partial charge in [0.25, 0.3) is 11.8 Å². The third kappa shape index (κ3) is 6.02. The van der Waals surface area contributed by atoms with Gasteiger partial charge in [-0.2, -0.15) is 0 Å². The second-order valence-electron chi connectivity index (χ2n) is 8.36. The van der Waals surface area contributed by atoms with Gasteiger partial charge in [0.15, 0.2) is 5.11 Å². The highest BCUT2D eigenvalue weighted by Crippen LogP contribution is 2.26. The third-order valence-corrected chi connectivity index (χ3v) is 5.86. The molecule has 3 aromatic rings. The molecular formula is C28H25N3O5S. The minimum Gasteiger partial charge on any atom is -0.496 e. The molecule has 9 heteroatoms. The Morgan fingerprint density at radius 2 is 1.76 bits per heavy atom. The van der Waals surface area contributed by atoms with Crippen LogP contribution in [0.2, 0.25) is 0 Å². The molecule has 3 amide bonds. The van der Waals surface area contributed by atoms with Gasteiger partial charge in [0.05, 0.1) is 12.8 Å². The molecule has 0 saturated carbocycles. The van der Waals surface area contributed by atoms with E-state index in [1.807, 2.05) is 19.1 Å². The summed E-state index contributed by atoms with van der Waals surface area (Å²) in [5.41, 5.74) is 3.57. The zero-order chi connectivity index (χ0) is 26.5. The molecular weight excluding hydrogens is 490 g/mol. The number of ether oxygens (including phenoxy) is 2.